The molecule has 0 spiro atoms. The van der Waals surface area contributed by atoms with E-state index in [0.717, 1.165) is 5.69 Å². The molecule has 128 valence electrons. The highest BCUT2D eigenvalue weighted by atomic mass is 32.2. The molecular weight excluding hydrogens is 352 g/mol. The van der Waals surface area contributed by atoms with Gasteiger partial charge in [0.05, 0.1) is 17.5 Å². The number of sulfone groups is 1. The molecule has 9 heteroatoms. The van der Waals surface area contributed by atoms with Gasteiger partial charge in [-0.1, -0.05) is 30.0 Å². The Morgan fingerprint density at radius 2 is 1.92 bits per heavy atom. The maximum Gasteiger partial charge on any atom is 0.248 e. The van der Waals surface area contributed by atoms with Crippen molar-refractivity contribution in [2.24, 2.45) is 4.99 Å². The van der Waals surface area contributed by atoms with Crippen molar-refractivity contribution < 1.29 is 23.1 Å². The number of para-hydroxylation sites is 1. The Morgan fingerprint density at radius 3 is 2.58 bits per heavy atom. The minimum atomic E-state index is -3.11. The van der Waals surface area contributed by atoms with Gasteiger partial charge in [-0.2, -0.15) is 4.99 Å². The van der Waals surface area contributed by atoms with Crippen LogP contribution >= 0.6 is 11.8 Å². The monoisotopic (exact) mass is 367 g/mol. The summed E-state index contributed by atoms with van der Waals surface area (Å²) in [4.78, 5) is 28.1. The zero-order valence-corrected chi connectivity index (χ0v) is 14.3. The number of nitrogens with zero attached hydrogens (tertiary/aromatic N) is 2. The zero-order chi connectivity index (χ0) is 17.3. The van der Waals surface area contributed by atoms with E-state index in [1.165, 1.54) is 11.8 Å². The highest BCUT2D eigenvalue weighted by molar-refractivity contribution is 8.16. The number of hydrogen-bond donors (Lipinski definition) is 0. The molecule has 0 unspecified atom stereocenters. The third-order valence-corrected chi connectivity index (χ3v) is 7.07. The predicted molar refractivity (Wildman–Crippen MR) is 89.4 cm³/mol. The summed E-state index contributed by atoms with van der Waals surface area (Å²) in [5, 5.41) is 10.7. The molecule has 2 saturated heterocycles. The van der Waals surface area contributed by atoms with Crippen LogP contribution in [-0.4, -0.2) is 48.3 Å². The van der Waals surface area contributed by atoms with Crippen LogP contribution in [0.2, 0.25) is 0 Å². The molecule has 2 fully saturated rings. The predicted octanol–water partition coefficient (Wildman–Crippen LogP) is -0.182. The van der Waals surface area contributed by atoms with Gasteiger partial charge in [-0.05, 0) is 18.6 Å². The fraction of sp³-hybridized carbons (Fsp3) is 0.400. The molecule has 0 bridgehead atoms. The van der Waals surface area contributed by atoms with Crippen LogP contribution in [0.25, 0.3) is 0 Å². The van der Waals surface area contributed by atoms with Gasteiger partial charge in [0.25, 0.3) is 0 Å². The molecule has 1 amide bonds. The van der Waals surface area contributed by atoms with E-state index in [2.05, 4.69) is 4.99 Å². The van der Waals surface area contributed by atoms with Gasteiger partial charge < -0.3 is 14.8 Å². The maximum atomic E-state index is 11.9. The third kappa shape index (κ3) is 3.62. The molecule has 0 saturated carbocycles. The summed E-state index contributed by atoms with van der Waals surface area (Å²) in [5.74, 6) is -1.78. The Bertz CT molecular complexity index is 791. The van der Waals surface area contributed by atoms with Crippen molar-refractivity contribution in [2.75, 3.05) is 16.4 Å². The average Bonchev–Trinajstić information content (AvgIpc) is 2.97. The molecule has 0 radical (unpaired) electrons. The van der Waals surface area contributed by atoms with Crippen molar-refractivity contribution in [1.29, 1.82) is 0 Å². The third-order valence-electron chi connectivity index (χ3n) is 3.86. The summed E-state index contributed by atoms with van der Waals surface area (Å²) in [7, 11) is -3.11. The van der Waals surface area contributed by atoms with E-state index in [0.29, 0.717) is 5.17 Å². The van der Waals surface area contributed by atoms with E-state index in [1.54, 1.807) is 4.90 Å². The summed E-state index contributed by atoms with van der Waals surface area (Å²) in [5.41, 5.74) is 0.765. The Balaban J connectivity index is 1.89. The van der Waals surface area contributed by atoms with E-state index in [1.807, 2.05) is 30.3 Å². The lowest BCUT2D eigenvalue weighted by Gasteiger charge is -2.24. The number of aliphatic carboxylic acids is 1. The lowest BCUT2D eigenvalue weighted by molar-refractivity contribution is -0.305. The van der Waals surface area contributed by atoms with Crippen LogP contribution in [0.5, 0.6) is 0 Å². The number of benzene rings is 1. The highest BCUT2D eigenvalue weighted by Gasteiger charge is 2.49. The lowest BCUT2D eigenvalue weighted by Crippen LogP contribution is -2.37. The Hall–Kier alpha value is -1.87. The second-order valence-electron chi connectivity index (χ2n) is 5.67. The smallest absolute Gasteiger partial charge is 0.248 e. The number of carbonyl (C=O) groups is 2. The van der Waals surface area contributed by atoms with E-state index in [-0.39, 0.29) is 35.6 Å². The van der Waals surface area contributed by atoms with E-state index in [4.69, 9.17) is 0 Å². The summed E-state index contributed by atoms with van der Waals surface area (Å²) >= 11 is 1.26. The standard InChI is InChI=1S/C15H16N2O5S2/c18-13(6-7-14(19)20)16-15-17(10-4-2-1-3-5-10)11-8-24(21,22)9-12(11)23-15/h1-5,11-12H,6-9H2,(H,19,20)/p-1/t11-,12+/m0/s1. The largest absolute Gasteiger partial charge is 0.550 e. The normalized spacial score (nSPS) is 26.5. The van der Waals surface area contributed by atoms with Crippen molar-refractivity contribution in [2.45, 2.75) is 24.1 Å². The maximum absolute atomic E-state index is 11.9. The molecule has 2 heterocycles. The van der Waals surface area contributed by atoms with Gasteiger partial charge in [-0.25, -0.2) is 8.42 Å². The first-order valence-corrected chi connectivity index (χ1v) is 10.1. The molecule has 0 aromatic heterocycles. The molecule has 2 aliphatic heterocycles. The van der Waals surface area contributed by atoms with Crippen LogP contribution in [0, 0.1) is 0 Å². The van der Waals surface area contributed by atoms with Gasteiger partial charge in [0.1, 0.15) is 0 Å². The fourth-order valence-electron chi connectivity index (χ4n) is 2.83. The minimum absolute atomic E-state index is 0.0197. The number of carboxylic acid groups (broad SMARTS) is 1. The van der Waals surface area contributed by atoms with Crippen LogP contribution in [0.1, 0.15) is 12.8 Å². The number of fused-ring (bicyclic) bond motifs is 1. The molecule has 0 aliphatic carbocycles. The molecule has 24 heavy (non-hydrogen) atoms. The van der Waals surface area contributed by atoms with E-state index < -0.39 is 21.7 Å². The zero-order valence-electron chi connectivity index (χ0n) is 12.6. The van der Waals surface area contributed by atoms with Gasteiger partial charge in [-0.3, -0.25) is 4.79 Å². The Kier molecular flexibility index (Phi) is 4.64. The van der Waals surface area contributed by atoms with Crippen molar-refractivity contribution >= 4 is 44.3 Å². The summed E-state index contributed by atoms with van der Waals surface area (Å²) in [6, 6.07) is 8.88. The second-order valence-corrected chi connectivity index (χ2v) is 9.03. The first-order valence-electron chi connectivity index (χ1n) is 7.38. The SMILES string of the molecule is O=C([O-])CCC(=O)N=C1S[C@@H]2CS(=O)(=O)C[C@@H]2N1c1ccccc1. The number of amides is 1. The van der Waals surface area contributed by atoms with Crippen LogP contribution in [0.15, 0.2) is 35.3 Å². The molecule has 1 aromatic carbocycles. The van der Waals surface area contributed by atoms with Crippen LogP contribution in [-0.2, 0) is 19.4 Å². The van der Waals surface area contributed by atoms with Gasteiger partial charge in [-0.15, -0.1) is 0 Å². The van der Waals surface area contributed by atoms with Crippen LogP contribution in [0.4, 0.5) is 5.69 Å². The second kappa shape index (κ2) is 6.56. The van der Waals surface area contributed by atoms with Crippen molar-refractivity contribution in [3.63, 3.8) is 0 Å². The lowest BCUT2D eigenvalue weighted by atomic mass is 10.2. The Morgan fingerprint density at radius 1 is 1.21 bits per heavy atom. The van der Waals surface area contributed by atoms with Crippen molar-refractivity contribution in [3.8, 4) is 0 Å². The first-order chi connectivity index (χ1) is 11.4. The number of carbonyl (C=O) groups excluding carboxylic acids is 2. The molecule has 0 N–H and O–H groups in total. The summed E-state index contributed by atoms with van der Waals surface area (Å²) in [6.45, 7) is 0. The Labute approximate surface area is 143 Å². The van der Waals surface area contributed by atoms with Crippen LogP contribution in [0.3, 0.4) is 0 Å². The van der Waals surface area contributed by atoms with E-state index >= 15 is 0 Å². The molecule has 2 aliphatic rings. The van der Waals surface area contributed by atoms with Crippen LogP contribution < -0.4 is 10.0 Å². The van der Waals surface area contributed by atoms with E-state index in [9.17, 15) is 23.1 Å². The summed E-state index contributed by atoms with van der Waals surface area (Å²) in [6.07, 6.45) is -0.616. The number of hydrogen-bond acceptors (Lipinski definition) is 6. The quantitative estimate of drug-likeness (QED) is 0.726. The molecule has 1 aromatic rings. The van der Waals surface area contributed by atoms with Gasteiger partial charge >= 0.3 is 0 Å². The number of thioether (sulfide) groups is 1. The molecule has 2 atom stereocenters. The number of carboxylic acids is 1. The number of amidine groups is 1. The molecular formula is C15H15N2O5S2-. The number of rotatable bonds is 4. The van der Waals surface area contributed by atoms with Gasteiger partial charge in [0.2, 0.25) is 5.91 Å². The fourth-order valence-corrected chi connectivity index (χ4v) is 6.76. The average molecular weight is 367 g/mol. The first kappa shape index (κ1) is 17.0. The number of aliphatic imine (C=N–C) groups is 1. The molecule has 3 rings (SSSR count). The van der Waals surface area contributed by atoms with Gasteiger partial charge in [0, 0.05) is 23.3 Å². The van der Waals surface area contributed by atoms with Gasteiger partial charge in [0.15, 0.2) is 15.0 Å². The molecule has 7 nitrogen and oxygen atoms in total. The topological polar surface area (TPSA) is 107 Å². The number of anilines is 1. The highest BCUT2D eigenvalue weighted by Crippen LogP contribution is 2.40. The minimum Gasteiger partial charge on any atom is -0.550 e. The van der Waals surface area contributed by atoms with Crippen molar-refractivity contribution in [1.82, 2.24) is 0 Å². The van der Waals surface area contributed by atoms with Crippen molar-refractivity contribution in [3.05, 3.63) is 30.3 Å². The summed E-state index contributed by atoms with van der Waals surface area (Å²) < 4.78 is 23.8.